The van der Waals surface area contributed by atoms with Crippen molar-refractivity contribution in [1.29, 1.82) is 0 Å². The number of aryl methyl sites for hydroxylation is 1. The van der Waals surface area contributed by atoms with Gasteiger partial charge in [0.1, 0.15) is 5.25 Å². The maximum absolute atomic E-state index is 12.3. The quantitative estimate of drug-likeness (QED) is 0.797. The third kappa shape index (κ3) is 3.57. The van der Waals surface area contributed by atoms with E-state index in [1.165, 1.54) is 0 Å². The number of nitrogens with one attached hydrogen (secondary N) is 1. The van der Waals surface area contributed by atoms with Crippen molar-refractivity contribution in [3.8, 4) is 0 Å². The standard InChI is InChI=1S/C13H20N2O2S/c1-4-7-15-13(16)10(3)18(17)12-8-9(2)5-6-11(12)14/h5-6,8,10H,4,7,14H2,1-3H3,(H,15,16). The Kier molecular flexibility index (Phi) is 5.34. The third-order valence-corrected chi connectivity index (χ3v) is 4.27. The van der Waals surface area contributed by atoms with Gasteiger partial charge >= 0.3 is 0 Å². The second kappa shape index (κ2) is 6.54. The minimum Gasteiger partial charge on any atom is -0.398 e. The van der Waals surface area contributed by atoms with Crippen molar-refractivity contribution >= 4 is 22.4 Å². The molecule has 0 aliphatic heterocycles. The molecule has 1 aromatic carbocycles. The van der Waals surface area contributed by atoms with Crippen LogP contribution in [0.4, 0.5) is 5.69 Å². The lowest BCUT2D eigenvalue weighted by atomic mass is 10.2. The molecule has 0 saturated carbocycles. The van der Waals surface area contributed by atoms with E-state index in [4.69, 9.17) is 5.73 Å². The third-order valence-electron chi connectivity index (χ3n) is 2.63. The molecular weight excluding hydrogens is 248 g/mol. The van der Waals surface area contributed by atoms with E-state index in [0.717, 1.165) is 12.0 Å². The Hall–Kier alpha value is -1.36. The largest absolute Gasteiger partial charge is 0.398 e. The molecule has 0 heterocycles. The second-order valence-corrected chi connectivity index (χ2v) is 6.01. The number of nitrogens with two attached hydrogens (primary N) is 1. The number of nitrogen functional groups attached to an aromatic ring is 1. The van der Waals surface area contributed by atoms with Gasteiger partial charge in [0, 0.05) is 12.2 Å². The van der Waals surface area contributed by atoms with E-state index in [2.05, 4.69) is 5.32 Å². The number of amides is 1. The molecule has 0 aromatic heterocycles. The Morgan fingerprint density at radius 1 is 1.50 bits per heavy atom. The van der Waals surface area contributed by atoms with Crippen LogP contribution in [0.15, 0.2) is 23.1 Å². The van der Waals surface area contributed by atoms with Gasteiger partial charge in [0.05, 0.1) is 15.7 Å². The number of hydrogen-bond acceptors (Lipinski definition) is 3. The normalized spacial score (nSPS) is 13.9. The fraction of sp³-hybridized carbons (Fsp3) is 0.462. The fourth-order valence-corrected chi connectivity index (χ4v) is 2.76. The first kappa shape index (κ1) is 14.7. The van der Waals surface area contributed by atoms with Crippen LogP contribution < -0.4 is 11.1 Å². The molecule has 0 radical (unpaired) electrons. The van der Waals surface area contributed by atoms with Crippen molar-refractivity contribution < 1.29 is 9.00 Å². The number of carbonyl (C=O) groups excluding carboxylic acids is 1. The highest BCUT2D eigenvalue weighted by molar-refractivity contribution is 7.86. The molecular formula is C13H20N2O2S. The van der Waals surface area contributed by atoms with Crippen LogP contribution in [0.5, 0.6) is 0 Å². The molecule has 0 bridgehead atoms. The number of benzene rings is 1. The zero-order chi connectivity index (χ0) is 13.7. The topological polar surface area (TPSA) is 72.2 Å². The van der Waals surface area contributed by atoms with Crippen molar-refractivity contribution in [3.63, 3.8) is 0 Å². The van der Waals surface area contributed by atoms with Crippen LogP contribution in [0, 0.1) is 6.92 Å². The second-order valence-electron chi connectivity index (χ2n) is 4.27. The highest BCUT2D eigenvalue weighted by Crippen LogP contribution is 2.20. The SMILES string of the molecule is CCCNC(=O)C(C)S(=O)c1cc(C)ccc1N. The molecule has 2 unspecified atom stereocenters. The van der Waals surface area contributed by atoms with Gasteiger partial charge < -0.3 is 11.1 Å². The Morgan fingerprint density at radius 2 is 2.17 bits per heavy atom. The molecule has 1 rings (SSSR count). The monoisotopic (exact) mass is 268 g/mol. The van der Waals surface area contributed by atoms with Gasteiger partial charge in [0.25, 0.3) is 0 Å². The van der Waals surface area contributed by atoms with Gasteiger partial charge in [0.15, 0.2) is 0 Å². The van der Waals surface area contributed by atoms with Gasteiger partial charge in [0.2, 0.25) is 5.91 Å². The van der Waals surface area contributed by atoms with Gasteiger partial charge in [-0.1, -0.05) is 13.0 Å². The highest BCUT2D eigenvalue weighted by atomic mass is 32.2. The molecule has 0 aliphatic carbocycles. The smallest absolute Gasteiger partial charge is 0.235 e. The number of anilines is 1. The van der Waals surface area contributed by atoms with Crippen LogP contribution in [0.1, 0.15) is 25.8 Å². The van der Waals surface area contributed by atoms with Gasteiger partial charge in [-0.05, 0) is 38.0 Å². The van der Waals surface area contributed by atoms with Gasteiger partial charge in [-0.25, -0.2) is 0 Å². The molecule has 1 aromatic rings. The summed E-state index contributed by atoms with van der Waals surface area (Å²) < 4.78 is 12.3. The van der Waals surface area contributed by atoms with Crippen molar-refractivity contribution in [1.82, 2.24) is 5.32 Å². The van der Waals surface area contributed by atoms with Crippen LogP contribution in [0.2, 0.25) is 0 Å². The first-order valence-electron chi connectivity index (χ1n) is 6.01. The summed E-state index contributed by atoms with van der Waals surface area (Å²) in [7, 11) is -1.42. The predicted octanol–water partition coefficient (Wildman–Crippen LogP) is 1.60. The van der Waals surface area contributed by atoms with Crippen molar-refractivity contribution in [2.75, 3.05) is 12.3 Å². The number of rotatable bonds is 5. The summed E-state index contributed by atoms with van der Waals surface area (Å²) in [5.74, 6) is -0.198. The van der Waals surface area contributed by atoms with Crippen molar-refractivity contribution in [2.24, 2.45) is 0 Å². The first-order valence-corrected chi connectivity index (χ1v) is 7.23. The van der Waals surface area contributed by atoms with Crippen LogP contribution in [-0.2, 0) is 15.6 Å². The van der Waals surface area contributed by atoms with E-state index in [9.17, 15) is 9.00 Å². The lowest BCUT2D eigenvalue weighted by Crippen LogP contribution is -2.36. The van der Waals surface area contributed by atoms with Gasteiger partial charge in [-0.2, -0.15) is 0 Å². The van der Waals surface area contributed by atoms with E-state index in [0.29, 0.717) is 17.1 Å². The summed E-state index contributed by atoms with van der Waals surface area (Å²) in [6.45, 7) is 6.13. The molecule has 3 N–H and O–H groups in total. The summed E-state index contributed by atoms with van der Waals surface area (Å²) in [4.78, 5) is 12.3. The fourth-order valence-electron chi connectivity index (χ4n) is 1.50. The summed E-state index contributed by atoms with van der Waals surface area (Å²) in [6.07, 6.45) is 0.859. The summed E-state index contributed by atoms with van der Waals surface area (Å²) >= 11 is 0. The van der Waals surface area contributed by atoms with Crippen LogP contribution in [-0.4, -0.2) is 21.9 Å². The van der Waals surface area contributed by atoms with E-state index in [1.54, 1.807) is 19.1 Å². The minimum absolute atomic E-state index is 0.198. The highest BCUT2D eigenvalue weighted by Gasteiger charge is 2.22. The van der Waals surface area contributed by atoms with Crippen LogP contribution in [0.25, 0.3) is 0 Å². The average molecular weight is 268 g/mol. The maximum atomic E-state index is 12.3. The average Bonchev–Trinajstić information content (AvgIpc) is 2.37. The first-order chi connectivity index (χ1) is 8.47. The molecule has 100 valence electrons. The molecule has 0 spiro atoms. The van der Waals surface area contributed by atoms with E-state index < -0.39 is 16.0 Å². The molecule has 1 amide bonds. The molecule has 0 saturated heterocycles. The van der Waals surface area contributed by atoms with E-state index in [-0.39, 0.29) is 5.91 Å². The van der Waals surface area contributed by atoms with E-state index in [1.807, 2.05) is 19.9 Å². The maximum Gasteiger partial charge on any atom is 0.235 e. The molecule has 0 aliphatic rings. The van der Waals surface area contributed by atoms with Crippen molar-refractivity contribution in [3.05, 3.63) is 23.8 Å². The Balaban J connectivity index is 2.86. The molecule has 18 heavy (non-hydrogen) atoms. The zero-order valence-electron chi connectivity index (χ0n) is 11.0. The van der Waals surface area contributed by atoms with Gasteiger partial charge in [-0.15, -0.1) is 0 Å². The number of carbonyl (C=O) groups is 1. The van der Waals surface area contributed by atoms with Crippen molar-refractivity contribution in [2.45, 2.75) is 37.3 Å². The Morgan fingerprint density at radius 3 is 2.78 bits per heavy atom. The summed E-state index contributed by atoms with van der Waals surface area (Å²) in [5.41, 5.74) is 7.25. The lowest BCUT2D eigenvalue weighted by Gasteiger charge is -2.13. The summed E-state index contributed by atoms with van der Waals surface area (Å²) in [6, 6.07) is 5.35. The van der Waals surface area contributed by atoms with Crippen LogP contribution >= 0.6 is 0 Å². The van der Waals surface area contributed by atoms with Crippen LogP contribution in [0.3, 0.4) is 0 Å². The predicted molar refractivity (Wildman–Crippen MR) is 74.8 cm³/mol. The Bertz CT molecular complexity index is 460. The lowest BCUT2D eigenvalue weighted by molar-refractivity contribution is -0.120. The van der Waals surface area contributed by atoms with E-state index >= 15 is 0 Å². The molecule has 4 nitrogen and oxygen atoms in total. The summed E-state index contributed by atoms with van der Waals surface area (Å²) in [5, 5.41) is 2.15. The number of hydrogen-bond donors (Lipinski definition) is 2. The van der Waals surface area contributed by atoms with Gasteiger partial charge in [-0.3, -0.25) is 9.00 Å². The molecule has 0 fully saturated rings. The molecule has 2 atom stereocenters. The minimum atomic E-state index is -1.42. The molecule has 5 heteroatoms. The zero-order valence-corrected chi connectivity index (χ0v) is 11.8. The Labute approximate surface area is 110 Å².